The van der Waals surface area contributed by atoms with E-state index in [4.69, 9.17) is 10.8 Å². The zero-order valence-electron chi connectivity index (χ0n) is 8.57. The van der Waals surface area contributed by atoms with Gasteiger partial charge in [0.1, 0.15) is 0 Å². The van der Waals surface area contributed by atoms with E-state index in [9.17, 15) is 4.79 Å². The highest BCUT2D eigenvalue weighted by molar-refractivity contribution is 5.94. The van der Waals surface area contributed by atoms with Gasteiger partial charge in [-0.3, -0.25) is 0 Å². The second-order valence-electron chi connectivity index (χ2n) is 3.27. The van der Waals surface area contributed by atoms with E-state index >= 15 is 0 Å². The van der Waals surface area contributed by atoms with Crippen LogP contribution in [0.3, 0.4) is 0 Å². The molecule has 4 heteroatoms. The summed E-state index contributed by atoms with van der Waals surface area (Å²) in [5.74, 6) is -0.906. The quantitative estimate of drug-likeness (QED) is 0.620. The molecule has 0 radical (unpaired) electrons. The topological polar surface area (TPSA) is 75.3 Å². The lowest BCUT2D eigenvalue weighted by Crippen LogP contribution is -2.09. The molecular weight excluding hydrogens is 192 g/mol. The Hall–Kier alpha value is -1.55. The van der Waals surface area contributed by atoms with Gasteiger partial charge in [0, 0.05) is 12.2 Å². The van der Waals surface area contributed by atoms with Crippen molar-refractivity contribution < 1.29 is 9.90 Å². The first-order valence-electron chi connectivity index (χ1n) is 5.02. The summed E-state index contributed by atoms with van der Waals surface area (Å²) in [6.07, 6.45) is 1.90. The molecule has 1 rings (SSSR count). The second-order valence-corrected chi connectivity index (χ2v) is 3.27. The fourth-order valence-electron chi connectivity index (χ4n) is 1.32. The smallest absolute Gasteiger partial charge is 0.337 e. The van der Waals surface area contributed by atoms with Crippen molar-refractivity contribution in [3.63, 3.8) is 0 Å². The van der Waals surface area contributed by atoms with Gasteiger partial charge in [-0.05, 0) is 31.5 Å². The summed E-state index contributed by atoms with van der Waals surface area (Å²) < 4.78 is 0. The van der Waals surface area contributed by atoms with Gasteiger partial charge in [0.25, 0.3) is 0 Å². The predicted molar refractivity (Wildman–Crippen MR) is 60.2 cm³/mol. The number of carboxylic acids is 1. The van der Waals surface area contributed by atoms with Crippen molar-refractivity contribution in [1.29, 1.82) is 0 Å². The van der Waals surface area contributed by atoms with Crippen molar-refractivity contribution in [2.45, 2.75) is 12.8 Å². The number of benzene rings is 1. The molecule has 0 unspecified atom stereocenters. The van der Waals surface area contributed by atoms with Crippen molar-refractivity contribution >= 4 is 11.7 Å². The van der Waals surface area contributed by atoms with Crippen LogP contribution in [0.4, 0.5) is 5.69 Å². The summed E-state index contributed by atoms with van der Waals surface area (Å²) >= 11 is 0. The van der Waals surface area contributed by atoms with Gasteiger partial charge in [0.2, 0.25) is 0 Å². The zero-order chi connectivity index (χ0) is 11.1. The van der Waals surface area contributed by atoms with Crippen LogP contribution in [0.5, 0.6) is 0 Å². The van der Waals surface area contributed by atoms with Gasteiger partial charge in [0.15, 0.2) is 0 Å². The van der Waals surface area contributed by atoms with Gasteiger partial charge in [0.05, 0.1) is 5.56 Å². The predicted octanol–water partition coefficient (Wildman–Crippen LogP) is 1.54. The average molecular weight is 208 g/mol. The van der Waals surface area contributed by atoms with Crippen LogP contribution in [-0.2, 0) is 0 Å². The second kappa shape index (κ2) is 6.03. The largest absolute Gasteiger partial charge is 0.478 e. The number of hydrogen-bond acceptors (Lipinski definition) is 3. The molecule has 4 nitrogen and oxygen atoms in total. The number of anilines is 1. The highest BCUT2D eigenvalue weighted by Crippen LogP contribution is 2.14. The van der Waals surface area contributed by atoms with E-state index in [0.717, 1.165) is 19.4 Å². The highest BCUT2D eigenvalue weighted by atomic mass is 16.4. The van der Waals surface area contributed by atoms with Crippen molar-refractivity contribution in [3.05, 3.63) is 29.8 Å². The first-order chi connectivity index (χ1) is 7.25. The Balaban J connectivity index is 2.56. The van der Waals surface area contributed by atoms with Crippen LogP contribution in [0.15, 0.2) is 24.3 Å². The molecular formula is C11H16N2O2. The number of rotatable bonds is 6. The Labute approximate surface area is 89.1 Å². The van der Waals surface area contributed by atoms with E-state index in [1.54, 1.807) is 18.2 Å². The van der Waals surface area contributed by atoms with Gasteiger partial charge in [-0.1, -0.05) is 12.1 Å². The SMILES string of the molecule is NCCCCNc1ccccc1C(=O)O. The lowest BCUT2D eigenvalue weighted by atomic mass is 10.1. The van der Waals surface area contributed by atoms with Crippen LogP contribution in [0, 0.1) is 0 Å². The Morgan fingerprint density at radius 2 is 2.07 bits per heavy atom. The standard InChI is InChI=1S/C11H16N2O2/c12-7-3-4-8-13-10-6-2-1-5-9(10)11(14)15/h1-2,5-6,13H,3-4,7-8,12H2,(H,14,15). The maximum absolute atomic E-state index is 10.9. The Bertz CT molecular complexity index is 326. The summed E-state index contributed by atoms with van der Waals surface area (Å²) in [4.78, 5) is 10.9. The maximum atomic E-state index is 10.9. The molecule has 82 valence electrons. The van der Waals surface area contributed by atoms with E-state index < -0.39 is 5.97 Å². The molecule has 0 aliphatic heterocycles. The van der Waals surface area contributed by atoms with Crippen molar-refractivity contribution in [2.75, 3.05) is 18.4 Å². The molecule has 0 saturated heterocycles. The normalized spacial score (nSPS) is 9.93. The molecule has 0 atom stereocenters. The number of unbranched alkanes of at least 4 members (excludes halogenated alkanes) is 1. The first kappa shape index (κ1) is 11.5. The summed E-state index contributed by atoms with van der Waals surface area (Å²) in [7, 11) is 0. The van der Waals surface area contributed by atoms with E-state index in [1.807, 2.05) is 6.07 Å². The van der Waals surface area contributed by atoms with Crippen LogP contribution in [0.1, 0.15) is 23.2 Å². The lowest BCUT2D eigenvalue weighted by molar-refractivity contribution is 0.0698. The van der Waals surface area contributed by atoms with E-state index in [-0.39, 0.29) is 0 Å². The third kappa shape index (κ3) is 3.59. The number of para-hydroxylation sites is 1. The number of carbonyl (C=O) groups is 1. The Kier molecular flexibility index (Phi) is 4.63. The van der Waals surface area contributed by atoms with Crippen LogP contribution in [0.2, 0.25) is 0 Å². The molecule has 0 heterocycles. The van der Waals surface area contributed by atoms with Crippen molar-refractivity contribution in [1.82, 2.24) is 0 Å². The number of hydrogen-bond donors (Lipinski definition) is 3. The monoisotopic (exact) mass is 208 g/mol. The van der Waals surface area contributed by atoms with Crippen molar-refractivity contribution in [2.24, 2.45) is 5.73 Å². The van der Waals surface area contributed by atoms with E-state index in [2.05, 4.69) is 5.32 Å². The van der Waals surface area contributed by atoms with Crippen LogP contribution >= 0.6 is 0 Å². The fraction of sp³-hybridized carbons (Fsp3) is 0.364. The third-order valence-electron chi connectivity index (χ3n) is 2.10. The van der Waals surface area contributed by atoms with Gasteiger partial charge in [-0.2, -0.15) is 0 Å². The molecule has 4 N–H and O–H groups in total. The van der Waals surface area contributed by atoms with Gasteiger partial charge < -0.3 is 16.2 Å². The number of carboxylic acid groups (broad SMARTS) is 1. The molecule has 0 aliphatic rings. The lowest BCUT2D eigenvalue weighted by Gasteiger charge is -2.08. The van der Waals surface area contributed by atoms with E-state index in [1.165, 1.54) is 0 Å². The molecule has 0 saturated carbocycles. The summed E-state index contributed by atoms with van der Waals surface area (Å²) in [5, 5.41) is 12.0. The van der Waals surface area contributed by atoms with E-state index in [0.29, 0.717) is 17.8 Å². The summed E-state index contributed by atoms with van der Waals surface area (Å²) in [6.45, 7) is 1.42. The molecule has 0 aromatic heterocycles. The third-order valence-corrected chi connectivity index (χ3v) is 2.10. The first-order valence-corrected chi connectivity index (χ1v) is 5.02. The molecule has 0 amide bonds. The van der Waals surface area contributed by atoms with Gasteiger partial charge >= 0.3 is 5.97 Å². The summed E-state index contributed by atoms with van der Waals surface area (Å²) in [5.41, 5.74) is 6.34. The fourth-order valence-corrected chi connectivity index (χ4v) is 1.32. The Morgan fingerprint density at radius 3 is 2.73 bits per heavy atom. The molecule has 0 bridgehead atoms. The summed E-state index contributed by atoms with van der Waals surface area (Å²) in [6, 6.07) is 6.89. The van der Waals surface area contributed by atoms with Gasteiger partial charge in [-0.15, -0.1) is 0 Å². The van der Waals surface area contributed by atoms with Crippen LogP contribution in [-0.4, -0.2) is 24.2 Å². The van der Waals surface area contributed by atoms with Crippen molar-refractivity contribution in [3.8, 4) is 0 Å². The number of nitrogens with one attached hydrogen (secondary N) is 1. The molecule has 0 fully saturated rings. The molecule has 1 aromatic rings. The minimum absolute atomic E-state index is 0.310. The molecule has 1 aromatic carbocycles. The zero-order valence-corrected chi connectivity index (χ0v) is 8.57. The Morgan fingerprint density at radius 1 is 1.33 bits per heavy atom. The molecule has 15 heavy (non-hydrogen) atoms. The number of aromatic carboxylic acids is 1. The van der Waals surface area contributed by atoms with Crippen LogP contribution in [0.25, 0.3) is 0 Å². The van der Waals surface area contributed by atoms with Crippen LogP contribution < -0.4 is 11.1 Å². The molecule has 0 spiro atoms. The minimum atomic E-state index is -0.906. The highest BCUT2D eigenvalue weighted by Gasteiger charge is 2.07. The molecule has 0 aliphatic carbocycles. The minimum Gasteiger partial charge on any atom is -0.478 e. The maximum Gasteiger partial charge on any atom is 0.337 e. The number of nitrogens with two attached hydrogens (primary N) is 1. The van der Waals surface area contributed by atoms with Gasteiger partial charge in [-0.25, -0.2) is 4.79 Å². The average Bonchev–Trinajstić information content (AvgIpc) is 2.25.